The molecule has 0 fully saturated rings. The average Bonchev–Trinajstić information content (AvgIpc) is 3.91. The number of nitrogens with zero attached hydrogens (tertiary/aromatic N) is 6. The van der Waals surface area contributed by atoms with Gasteiger partial charge in [-0.15, -0.1) is 30.0 Å². The van der Waals surface area contributed by atoms with Crippen molar-refractivity contribution in [2.24, 2.45) is 0 Å². The number of esters is 1. The van der Waals surface area contributed by atoms with Crippen molar-refractivity contribution in [1.29, 1.82) is 0 Å². The fraction of sp³-hybridized carbons (Fsp3) is 0.296. The fourth-order valence-electron chi connectivity index (χ4n) is 6.90. The number of carbonyl (C=O) groups is 2. The summed E-state index contributed by atoms with van der Waals surface area (Å²) in [7, 11) is 0. The van der Waals surface area contributed by atoms with Crippen LogP contribution in [0.2, 0.25) is 10.0 Å². The first-order chi connectivity index (χ1) is 30.8. The van der Waals surface area contributed by atoms with Gasteiger partial charge < -0.3 is 19.3 Å². The molecule has 2 atom stereocenters. The van der Waals surface area contributed by atoms with E-state index in [0.29, 0.717) is 55.1 Å². The number of benzene rings is 6. The second kappa shape index (κ2) is 21.9. The minimum Gasteiger partial charge on any atom is -0.478 e. The first-order valence-electron chi connectivity index (χ1n) is 21.1. The molecule has 0 spiro atoms. The highest BCUT2D eigenvalue weighted by atomic mass is 35.5. The van der Waals surface area contributed by atoms with Gasteiger partial charge in [0.1, 0.15) is 44.9 Å². The zero-order chi connectivity index (χ0) is 46.7. The summed E-state index contributed by atoms with van der Waals surface area (Å²) in [5.74, 6) is -0.863. The Bertz CT molecular complexity index is 2910. The van der Waals surface area contributed by atoms with Crippen LogP contribution in [0.25, 0.3) is 33.4 Å². The highest BCUT2D eigenvalue weighted by Gasteiger charge is 2.39. The van der Waals surface area contributed by atoms with E-state index < -0.39 is 23.6 Å². The molecule has 0 saturated heterocycles. The maximum Gasteiger partial charge on any atom is 0.352 e. The highest BCUT2D eigenvalue weighted by molar-refractivity contribution is 6.31. The summed E-state index contributed by atoms with van der Waals surface area (Å²) >= 11 is 12.5. The molecular weight excluding hydrogens is 900 g/mol. The number of hydrogen-bond donors (Lipinski definition) is 1. The molecule has 0 saturated carbocycles. The Balaban J connectivity index is 0.000000284. The number of fused-ring (bicyclic) bond motifs is 2. The second-order valence-electron chi connectivity index (χ2n) is 17.6. The van der Waals surface area contributed by atoms with E-state index >= 15 is 0 Å². The number of aliphatic carboxylic acids is 1. The van der Waals surface area contributed by atoms with Crippen molar-refractivity contribution in [2.75, 3.05) is 6.61 Å². The fourth-order valence-corrected chi connectivity index (χ4v) is 7.24. The van der Waals surface area contributed by atoms with E-state index in [1.807, 2.05) is 84.9 Å². The Morgan fingerprint density at radius 3 is 1.35 bits per heavy atom. The molecule has 68 heavy (non-hydrogen) atoms. The lowest BCUT2D eigenvalue weighted by molar-refractivity contribution is -0.154. The molecule has 0 amide bonds. The van der Waals surface area contributed by atoms with Crippen LogP contribution in [-0.4, -0.2) is 53.6 Å². The molecule has 358 valence electrons. The molecule has 0 aliphatic carbocycles. The Morgan fingerprint density at radius 2 is 0.956 bits per heavy atom. The van der Waals surface area contributed by atoms with E-state index in [1.165, 1.54) is 16.5 Å². The first kappa shape index (κ1) is 53.9. The average molecular weight is 962 g/mol. The number of halogens is 2. The highest BCUT2D eigenvalue weighted by Crippen LogP contribution is 2.36. The Labute approximate surface area is 409 Å². The predicted octanol–water partition coefficient (Wildman–Crippen LogP) is 13.7. The van der Waals surface area contributed by atoms with Crippen LogP contribution < -0.4 is 9.47 Å². The van der Waals surface area contributed by atoms with Gasteiger partial charge in [-0.3, -0.25) is 0 Å². The number of hydrogen-bond acceptors (Lipinski definition) is 9. The molecule has 1 N–H and O–H groups in total. The SMILES string of the molecule is C.C.C.CC(C)(C)c1ccc(C(C)(Oc2ccc(Cl)cc2-n2nc3ccccc3n2)C(=O)O)cc1.CCOC(=O)C(Oc1ccc(Cl)cc1-n1nc2ccccc2n1)c1ccc(C(C)(C)C)cc1. The normalized spacial score (nSPS) is 12.5. The van der Waals surface area contributed by atoms with Crippen molar-refractivity contribution in [2.45, 2.75) is 100 Å². The lowest BCUT2D eigenvalue weighted by Crippen LogP contribution is -2.39. The molecule has 14 heteroatoms. The smallest absolute Gasteiger partial charge is 0.352 e. The number of carboxylic acid groups (broad SMARTS) is 1. The monoisotopic (exact) mass is 960 g/mol. The third-order valence-corrected chi connectivity index (χ3v) is 11.2. The summed E-state index contributed by atoms with van der Waals surface area (Å²) in [6.45, 7) is 16.3. The van der Waals surface area contributed by atoms with Crippen LogP contribution in [0.4, 0.5) is 0 Å². The summed E-state index contributed by atoms with van der Waals surface area (Å²) in [5.41, 5.74) is 5.67. The minimum absolute atomic E-state index is 0. The molecule has 2 unspecified atom stereocenters. The summed E-state index contributed by atoms with van der Waals surface area (Å²) in [4.78, 5) is 28.1. The lowest BCUT2D eigenvalue weighted by Gasteiger charge is -2.28. The van der Waals surface area contributed by atoms with Crippen molar-refractivity contribution in [3.8, 4) is 22.9 Å². The Morgan fingerprint density at radius 1 is 0.574 bits per heavy atom. The van der Waals surface area contributed by atoms with Crippen LogP contribution in [0.3, 0.4) is 0 Å². The Kier molecular flexibility index (Phi) is 17.3. The van der Waals surface area contributed by atoms with Gasteiger partial charge >= 0.3 is 11.9 Å². The molecule has 8 rings (SSSR count). The number of ether oxygens (including phenoxy) is 3. The van der Waals surface area contributed by atoms with Gasteiger partial charge in [0.25, 0.3) is 0 Å². The van der Waals surface area contributed by atoms with Crippen LogP contribution in [-0.2, 0) is 30.8 Å². The summed E-state index contributed by atoms with van der Waals surface area (Å²) < 4.78 is 17.7. The molecule has 2 heterocycles. The second-order valence-corrected chi connectivity index (χ2v) is 18.4. The van der Waals surface area contributed by atoms with Gasteiger partial charge in [0.15, 0.2) is 0 Å². The van der Waals surface area contributed by atoms with Gasteiger partial charge in [0.05, 0.1) is 6.61 Å². The largest absolute Gasteiger partial charge is 0.478 e. The van der Waals surface area contributed by atoms with E-state index in [1.54, 1.807) is 55.5 Å². The number of rotatable bonds is 11. The Hall–Kier alpha value is -6.76. The minimum atomic E-state index is -1.63. The van der Waals surface area contributed by atoms with Crippen LogP contribution in [0.15, 0.2) is 133 Å². The van der Waals surface area contributed by atoms with E-state index in [4.69, 9.17) is 37.4 Å². The molecule has 0 aliphatic heterocycles. The predicted molar refractivity (Wildman–Crippen MR) is 274 cm³/mol. The third-order valence-electron chi connectivity index (χ3n) is 10.7. The van der Waals surface area contributed by atoms with Gasteiger partial charge in [-0.2, -0.15) is 0 Å². The number of carboxylic acids is 1. The molecule has 0 aliphatic rings. The topological polar surface area (TPSA) is 143 Å². The van der Waals surface area contributed by atoms with Crippen LogP contribution in [0.5, 0.6) is 11.5 Å². The molecule has 8 aromatic rings. The molecule has 6 aromatic carbocycles. The lowest BCUT2D eigenvalue weighted by atomic mass is 9.85. The van der Waals surface area contributed by atoms with Crippen LogP contribution in [0, 0.1) is 0 Å². The van der Waals surface area contributed by atoms with E-state index in [2.05, 4.69) is 61.9 Å². The summed E-state index contributed by atoms with van der Waals surface area (Å²) in [6, 6.07) is 40.3. The van der Waals surface area contributed by atoms with Crippen molar-refractivity contribution in [3.05, 3.63) is 166 Å². The first-order valence-corrected chi connectivity index (χ1v) is 21.8. The van der Waals surface area contributed by atoms with Crippen molar-refractivity contribution >= 4 is 57.2 Å². The maximum atomic E-state index is 12.9. The van der Waals surface area contributed by atoms with E-state index in [0.717, 1.165) is 22.2 Å². The quantitative estimate of drug-likeness (QED) is 0.124. The number of aromatic nitrogens is 6. The zero-order valence-corrected chi connectivity index (χ0v) is 38.9. The van der Waals surface area contributed by atoms with Crippen LogP contribution >= 0.6 is 23.2 Å². The van der Waals surface area contributed by atoms with Gasteiger partial charge in [0, 0.05) is 21.2 Å². The van der Waals surface area contributed by atoms with Gasteiger partial charge in [-0.25, -0.2) is 9.59 Å². The van der Waals surface area contributed by atoms with Gasteiger partial charge in [-0.1, -0.05) is 160 Å². The summed E-state index contributed by atoms with van der Waals surface area (Å²) in [6.07, 6.45) is -0.955. The third kappa shape index (κ3) is 12.0. The van der Waals surface area contributed by atoms with Gasteiger partial charge in [-0.05, 0) is 96.5 Å². The molecular formula is C54H62Cl2N6O6. The van der Waals surface area contributed by atoms with Crippen molar-refractivity contribution < 1.29 is 28.9 Å². The van der Waals surface area contributed by atoms with E-state index in [-0.39, 0.29) is 39.7 Å². The standard InChI is InChI=1S/C26H26ClN3O3.C25H24ClN3O3.3CH4/c1-5-32-25(31)24(17-10-12-18(13-11-17)26(2,3)4)33-23-15-14-19(27)16-22(23)30-28-20-8-6-7-9-21(20)29-30;1-24(2,3)16-9-11-17(12-10-16)25(4,23(30)31)32-22-14-13-18(26)15-21(22)29-27-19-7-5-6-8-20(19)28-29;;;/h6-16,24H,5H2,1-4H3;5-15H,1-4H3,(H,30,31);3*1H4. The molecule has 0 bridgehead atoms. The summed E-state index contributed by atoms with van der Waals surface area (Å²) in [5, 5.41) is 29.1. The van der Waals surface area contributed by atoms with Gasteiger partial charge in [0.2, 0.25) is 11.7 Å². The maximum absolute atomic E-state index is 12.9. The molecule has 12 nitrogen and oxygen atoms in total. The van der Waals surface area contributed by atoms with E-state index in [9.17, 15) is 14.7 Å². The van der Waals surface area contributed by atoms with Crippen LogP contribution in [0.1, 0.15) is 106 Å². The number of carbonyl (C=O) groups excluding carboxylic acids is 1. The molecule has 0 radical (unpaired) electrons. The van der Waals surface area contributed by atoms with Crippen molar-refractivity contribution in [3.63, 3.8) is 0 Å². The molecule has 2 aromatic heterocycles. The zero-order valence-electron chi connectivity index (χ0n) is 37.4. The van der Waals surface area contributed by atoms with Crippen molar-refractivity contribution in [1.82, 2.24) is 30.0 Å².